The first-order chi connectivity index (χ1) is 13.9. The van der Waals surface area contributed by atoms with Crippen LogP contribution in [0, 0.1) is 0 Å². The fraction of sp³-hybridized carbons (Fsp3) is 0.455. The van der Waals surface area contributed by atoms with E-state index < -0.39 is 29.6 Å². The Morgan fingerprint density at radius 2 is 1.40 bits per heavy atom. The topological polar surface area (TPSA) is 9.23 Å². The normalized spacial score (nSPS) is 15.6. The van der Waals surface area contributed by atoms with Gasteiger partial charge in [-0.1, -0.05) is 66.3 Å². The summed E-state index contributed by atoms with van der Waals surface area (Å²) >= 11 is 2.24. The van der Waals surface area contributed by atoms with Crippen LogP contribution < -0.4 is 0 Å². The minimum atomic E-state index is -4.88. The third kappa shape index (κ3) is 6.12. The number of alkyl halides is 7. The molecule has 2 atom stereocenters. The summed E-state index contributed by atoms with van der Waals surface area (Å²) in [6.07, 6.45) is -9.06. The van der Waals surface area contributed by atoms with Crippen LogP contribution >= 0.6 is 22.6 Å². The summed E-state index contributed by atoms with van der Waals surface area (Å²) in [6, 6.07) is 11.2. The van der Waals surface area contributed by atoms with Crippen molar-refractivity contribution < 1.29 is 31.1 Å². The SMILES string of the molecule is CCC[C@](CI)(CO[C@H](C)c1cc(C(F)(F)F)cc(C(F)(F)F)c1)c1ccccc1. The van der Waals surface area contributed by atoms with Gasteiger partial charge in [-0.2, -0.15) is 26.3 Å². The molecule has 2 aromatic carbocycles. The van der Waals surface area contributed by atoms with Gasteiger partial charge in [-0.25, -0.2) is 0 Å². The van der Waals surface area contributed by atoms with Gasteiger partial charge in [0.25, 0.3) is 0 Å². The van der Waals surface area contributed by atoms with E-state index in [2.05, 4.69) is 22.6 Å². The van der Waals surface area contributed by atoms with Crippen LogP contribution in [-0.2, 0) is 22.5 Å². The summed E-state index contributed by atoms with van der Waals surface area (Å²) < 4.78 is 85.4. The van der Waals surface area contributed by atoms with Crippen LogP contribution in [0.4, 0.5) is 26.3 Å². The van der Waals surface area contributed by atoms with Gasteiger partial charge < -0.3 is 4.74 Å². The summed E-state index contributed by atoms with van der Waals surface area (Å²) in [6.45, 7) is 3.69. The van der Waals surface area contributed by atoms with E-state index in [0.717, 1.165) is 30.5 Å². The zero-order chi connectivity index (χ0) is 22.6. The van der Waals surface area contributed by atoms with Gasteiger partial charge >= 0.3 is 12.4 Å². The highest BCUT2D eigenvalue weighted by molar-refractivity contribution is 14.1. The molecule has 0 aliphatic carbocycles. The number of hydrogen-bond acceptors (Lipinski definition) is 1. The Bertz CT molecular complexity index is 786. The molecule has 30 heavy (non-hydrogen) atoms. The molecule has 0 saturated carbocycles. The van der Waals surface area contributed by atoms with Crippen molar-refractivity contribution in [2.45, 2.75) is 50.6 Å². The maximum absolute atomic E-state index is 13.1. The number of halogens is 7. The summed E-state index contributed by atoms with van der Waals surface area (Å²) in [5.74, 6) is 0. The minimum absolute atomic E-state index is 0.131. The summed E-state index contributed by atoms with van der Waals surface area (Å²) in [5, 5.41) is 0. The molecular formula is C22H23F6IO. The van der Waals surface area contributed by atoms with Crippen LogP contribution in [0.1, 0.15) is 55.0 Å². The molecule has 0 amide bonds. The maximum Gasteiger partial charge on any atom is 0.416 e. The first kappa shape index (κ1) is 25.0. The van der Waals surface area contributed by atoms with E-state index in [1.165, 1.54) is 6.92 Å². The van der Waals surface area contributed by atoms with Crippen molar-refractivity contribution in [3.8, 4) is 0 Å². The van der Waals surface area contributed by atoms with Crippen LogP contribution in [-0.4, -0.2) is 11.0 Å². The van der Waals surface area contributed by atoms with Gasteiger partial charge in [-0.15, -0.1) is 0 Å². The largest absolute Gasteiger partial charge is 0.416 e. The second-order valence-electron chi connectivity index (χ2n) is 7.32. The third-order valence-corrected chi connectivity index (χ3v) is 6.52. The second-order valence-corrected chi connectivity index (χ2v) is 8.09. The van der Waals surface area contributed by atoms with Crippen molar-refractivity contribution in [3.05, 3.63) is 70.8 Å². The number of rotatable bonds is 8. The average molecular weight is 544 g/mol. The van der Waals surface area contributed by atoms with Crippen molar-refractivity contribution in [3.63, 3.8) is 0 Å². The molecule has 0 aromatic heterocycles. The fourth-order valence-electron chi connectivity index (χ4n) is 3.35. The molecule has 0 aliphatic rings. The van der Waals surface area contributed by atoms with Crippen LogP contribution in [0.15, 0.2) is 48.5 Å². The van der Waals surface area contributed by atoms with E-state index in [1.807, 2.05) is 37.3 Å². The molecule has 0 N–H and O–H groups in total. The van der Waals surface area contributed by atoms with Crippen molar-refractivity contribution in [1.82, 2.24) is 0 Å². The van der Waals surface area contributed by atoms with Crippen molar-refractivity contribution in [2.75, 3.05) is 11.0 Å². The predicted octanol–water partition coefficient (Wildman–Crippen LogP) is 7.97. The van der Waals surface area contributed by atoms with Gasteiger partial charge in [-0.3, -0.25) is 0 Å². The lowest BCUT2D eigenvalue weighted by Gasteiger charge is -2.33. The molecule has 0 fully saturated rings. The Kier molecular flexibility index (Phi) is 8.23. The van der Waals surface area contributed by atoms with Gasteiger partial charge in [0.1, 0.15) is 0 Å². The average Bonchev–Trinajstić information content (AvgIpc) is 2.70. The molecule has 166 valence electrons. The highest BCUT2D eigenvalue weighted by atomic mass is 127. The van der Waals surface area contributed by atoms with Gasteiger partial charge in [0.05, 0.1) is 23.8 Å². The molecule has 0 unspecified atom stereocenters. The first-order valence-electron chi connectivity index (χ1n) is 9.45. The Hall–Kier alpha value is -1.29. The van der Waals surface area contributed by atoms with E-state index in [4.69, 9.17) is 4.74 Å². The van der Waals surface area contributed by atoms with Gasteiger partial charge in [0, 0.05) is 9.84 Å². The first-order valence-corrected chi connectivity index (χ1v) is 11.0. The van der Waals surface area contributed by atoms with Crippen molar-refractivity contribution in [1.29, 1.82) is 0 Å². The Labute approximate surface area is 186 Å². The highest BCUT2D eigenvalue weighted by Gasteiger charge is 2.38. The zero-order valence-corrected chi connectivity index (χ0v) is 18.7. The van der Waals surface area contributed by atoms with E-state index >= 15 is 0 Å². The summed E-state index contributed by atoms with van der Waals surface area (Å²) in [7, 11) is 0. The molecule has 0 spiro atoms. The summed E-state index contributed by atoms with van der Waals surface area (Å²) in [4.78, 5) is 0. The second kappa shape index (κ2) is 9.89. The van der Waals surface area contributed by atoms with E-state index in [0.29, 0.717) is 4.43 Å². The van der Waals surface area contributed by atoms with Crippen LogP contribution in [0.2, 0.25) is 0 Å². The summed E-state index contributed by atoms with van der Waals surface area (Å²) in [5.41, 5.74) is -2.16. The lowest BCUT2D eigenvalue weighted by Crippen LogP contribution is -2.34. The molecular weight excluding hydrogens is 521 g/mol. The molecule has 1 nitrogen and oxygen atoms in total. The standard InChI is InChI=1S/C22H23F6IO/c1-3-9-20(13-29,17-7-5-4-6-8-17)14-30-15(2)16-10-18(21(23,24)25)12-19(11-16)22(26,27)28/h4-8,10-12,15H,3,9,13-14H2,1-2H3/t15-,20+/m1/s1. The Morgan fingerprint density at radius 3 is 1.83 bits per heavy atom. The molecule has 2 rings (SSSR count). The monoisotopic (exact) mass is 544 g/mol. The van der Waals surface area contributed by atoms with E-state index in [9.17, 15) is 26.3 Å². The van der Waals surface area contributed by atoms with Gasteiger partial charge in [0.15, 0.2) is 0 Å². The van der Waals surface area contributed by atoms with Gasteiger partial charge in [-0.05, 0) is 42.7 Å². The quantitative estimate of drug-likeness (QED) is 0.186. The molecule has 2 aromatic rings. The van der Waals surface area contributed by atoms with E-state index in [-0.39, 0.29) is 23.7 Å². The minimum Gasteiger partial charge on any atom is -0.373 e. The van der Waals surface area contributed by atoms with E-state index in [1.54, 1.807) is 0 Å². The highest BCUT2D eigenvalue weighted by Crippen LogP contribution is 2.39. The molecule has 0 aliphatic heterocycles. The van der Waals surface area contributed by atoms with Gasteiger partial charge in [0.2, 0.25) is 0 Å². The number of benzene rings is 2. The maximum atomic E-state index is 13.1. The molecule has 0 bridgehead atoms. The van der Waals surface area contributed by atoms with Crippen LogP contribution in [0.5, 0.6) is 0 Å². The zero-order valence-electron chi connectivity index (χ0n) is 16.6. The molecule has 0 heterocycles. The molecule has 8 heteroatoms. The lowest BCUT2D eigenvalue weighted by atomic mass is 9.79. The van der Waals surface area contributed by atoms with Crippen LogP contribution in [0.3, 0.4) is 0 Å². The lowest BCUT2D eigenvalue weighted by molar-refractivity contribution is -0.143. The number of ether oxygens (including phenoxy) is 1. The Balaban J connectivity index is 2.35. The predicted molar refractivity (Wildman–Crippen MR) is 113 cm³/mol. The molecule has 0 radical (unpaired) electrons. The fourth-order valence-corrected chi connectivity index (χ4v) is 4.39. The van der Waals surface area contributed by atoms with Crippen molar-refractivity contribution in [2.24, 2.45) is 0 Å². The third-order valence-electron chi connectivity index (χ3n) is 5.06. The smallest absolute Gasteiger partial charge is 0.373 e. The molecule has 0 saturated heterocycles. The van der Waals surface area contributed by atoms with Crippen molar-refractivity contribution >= 4 is 22.6 Å². The number of hydrogen-bond donors (Lipinski definition) is 0. The Morgan fingerprint density at radius 1 is 0.867 bits per heavy atom. The van der Waals surface area contributed by atoms with Crippen LogP contribution in [0.25, 0.3) is 0 Å².